The van der Waals surface area contributed by atoms with E-state index in [1.54, 1.807) is 42.5 Å². The SMILES string of the molecule is O=C(NS(=O)(=O)c1ccccc1)c1cnc(N2CCc3ccccc3C2)nc1COc1ccc(Cl)cc1. The van der Waals surface area contributed by atoms with Crippen LogP contribution in [0.15, 0.2) is 90.0 Å². The third-order valence-electron chi connectivity index (χ3n) is 5.98. The second-order valence-electron chi connectivity index (χ2n) is 8.46. The van der Waals surface area contributed by atoms with E-state index in [1.807, 2.05) is 17.0 Å². The number of hydrogen-bond acceptors (Lipinski definition) is 7. The lowest BCUT2D eigenvalue weighted by atomic mass is 10.0. The summed E-state index contributed by atoms with van der Waals surface area (Å²) in [6.45, 7) is 1.26. The van der Waals surface area contributed by atoms with Crippen molar-refractivity contribution in [1.29, 1.82) is 0 Å². The minimum absolute atomic E-state index is 0.00892. The van der Waals surface area contributed by atoms with Crippen LogP contribution in [0.3, 0.4) is 0 Å². The number of sulfonamides is 1. The van der Waals surface area contributed by atoms with Gasteiger partial charge in [-0.15, -0.1) is 0 Å². The Balaban J connectivity index is 1.43. The van der Waals surface area contributed by atoms with Crippen molar-refractivity contribution in [2.75, 3.05) is 11.4 Å². The number of hydrogen-bond donors (Lipinski definition) is 1. The minimum atomic E-state index is -4.08. The monoisotopic (exact) mass is 534 g/mol. The van der Waals surface area contributed by atoms with Crippen LogP contribution in [0.4, 0.5) is 5.95 Å². The van der Waals surface area contributed by atoms with Gasteiger partial charge in [0.1, 0.15) is 12.4 Å². The summed E-state index contributed by atoms with van der Waals surface area (Å²) in [7, 11) is -4.08. The molecule has 8 nitrogen and oxygen atoms in total. The molecule has 1 N–H and O–H groups in total. The number of carbonyl (C=O) groups excluding carboxylic acids is 1. The van der Waals surface area contributed by atoms with Gasteiger partial charge in [0.2, 0.25) is 5.95 Å². The molecule has 0 saturated heterocycles. The van der Waals surface area contributed by atoms with E-state index in [9.17, 15) is 13.2 Å². The van der Waals surface area contributed by atoms with Gasteiger partial charge in [0.15, 0.2) is 0 Å². The summed E-state index contributed by atoms with van der Waals surface area (Å²) in [5.41, 5.74) is 2.74. The number of carbonyl (C=O) groups is 1. The van der Waals surface area contributed by atoms with Crippen molar-refractivity contribution in [1.82, 2.24) is 14.7 Å². The molecule has 0 saturated carbocycles. The van der Waals surface area contributed by atoms with Crippen molar-refractivity contribution in [3.63, 3.8) is 0 Å². The van der Waals surface area contributed by atoms with E-state index in [1.165, 1.54) is 29.5 Å². The molecular weight excluding hydrogens is 512 g/mol. The van der Waals surface area contributed by atoms with Crippen molar-refractivity contribution in [2.45, 2.75) is 24.5 Å². The van der Waals surface area contributed by atoms with E-state index < -0.39 is 15.9 Å². The predicted octanol–water partition coefficient (Wildman–Crippen LogP) is 4.39. The maximum Gasteiger partial charge on any atom is 0.268 e. The first-order valence-corrected chi connectivity index (χ1v) is 13.4. The molecule has 0 spiro atoms. The second-order valence-corrected chi connectivity index (χ2v) is 10.6. The summed E-state index contributed by atoms with van der Waals surface area (Å²) >= 11 is 5.96. The lowest BCUT2D eigenvalue weighted by molar-refractivity contribution is 0.0978. The van der Waals surface area contributed by atoms with Gasteiger partial charge in [-0.05, 0) is 53.9 Å². The third kappa shape index (κ3) is 5.73. The molecule has 188 valence electrons. The zero-order chi connectivity index (χ0) is 25.8. The Kier molecular flexibility index (Phi) is 7.07. The van der Waals surface area contributed by atoms with E-state index in [-0.39, 0.29) is 22.8 Å². The molecule has 1 aliphatic rings. The fourth-order valence-electron chi connectivity index (χ4n) is 4.04. The molecule has 1 aliphatic heterocycles. The van der Waals surface area contributed by atoms with Gasteiger partial charge in [-0.1, -0.05) is 54.1 Å². The zero-order valence-corrected chi connectivity index (χ0v) is 21.2. The number of aromatic nitrogens is 2. The molecular formula is C27H23ClN4O4S. The molecule has 1 amide bonds. The van der Waals surface area contributed by atoms with Crippen LogP contribution < -0.4 is 14.4 Å². The first-order valence-electron chi connectivity index (χ1n) is 11.6. The molecule has 0 aliphatic carbocycles. The predicted molar refractivity (Wildman–Crippen MR) is 140 cm³/mol. The van der Waals surface area contributed by atoms with Crippen LogP contribution in [0.25, 0.3) is 0 Å². The van der Waals surface area contributed by atoms with Gasteiger partial charge < -0.3 is 9.64 Å². The summed E-state index contributed by atoms with van der Waals surface area (Å²) in [6.07, 6.45) is 2.19. The fourth-order valence-corrected chi connectivity index (χ4v) is 5.16. The van der Waals surface area contributed by atoms with Crippen LogP contribution in [-0.2, 0) is 29.6 Å². The van der Waals surface area contributed by atoms with Crippen molar-refractivity contribution in [3.8, 4) is 5.75 Å². The van der Waals surface area contributed by atoms with E-state index in [0.29, 0.717) is 29.8 Å². The molecule has 0 unspecified atom stereocenters. The van der Waals surface area contributed by atoms with Gasteiger partial charge in [0, 0.05) is 24.3 Å². The molecule has 1 aromatic heterocycles. The molecule has 0 fully saturated rings. The van der Waals surface area contributed by atoms with Crippen LogP contribution in [0.1, 0.15) is 27.2 Å². The normalized spacial score (nSPS) is 13.1. The van der Waals surface area contributed by atoms with Gasteiger partial charge in [-0.25, -0.2) is 23.1 Å². The van der Waals surface area contributed by atoms with Crippen LogP contribution in [0.5, 0.6) is 5.75 Å². The number of nitrogens with zero attached hydrogens (tertiary/aromatic N) is 3. The Morgan fingerprint density at radius 1 is 0.973 bits per heavy atom. The smallest absolute Gasteiger partial charge is 0.268 e. The average molecular weight is 535 g/mol. The highest BCUT2D eigenvalue weighted by atomic mass is 35.5. The van der Waals surface area contributed by atoms with E-state index in [0.717, 1.165) is 6.42 Å². The van der Waals surface area contributed by atoms with Crippen LogP contribution in [0.2, 0.25) is 5.02 Å². The van der Waals surface area contributed by atoms with Crippen molar-refractivity contribution < 1.29 is 17.9 Å². The highest BCUT2D eigenvalue weighted by Gasteiger charge is 2.24. The Morgan fingerprint density at radius 2 is 1.68 bits per heavy atom. The average Bonchev–Trinajstić information content (AvgIpc) is 2.92. The lowest BCUT2D eigenvalue weighted by Crippen LogP contribution is -2.34. The van der Waals surface area contributed by atoms with E-state index in [2.05, 4.69) is 26.8 Å². The van der Waals surface area contributed by atoms with Crippen molar-refractivity contribution >= 4 is 33.5 Å². The number of anilines is 1. The summed E-state index contributed by atoms with van der Waals surface area (Å²) < 4.78 is 33.5. The van der Waals surface area contributed by atoms with Crippen molar-refractivity contribution in [2.24, 2.45) is 0 Å². The maximum atomic E-state index is 13.1. The Bertz CT molecular complexity index is 1530. The van der Waals surface area contributed by atoms with E-state index >= 15 is 0 Å². The Hall–Kier alpha value is -3.95. The summed E-state index contributed by atoms with van der Waals surface area (Å²) in [5.74, 6) is 0.125. The zero-order valence-electron chi connectivity index (χ0n) is 19.7. The molecule has 5 rings (SSSR count). The standard InChI is InChI=1S/C27H23ClN4O4S/c28-21-10-12-22(13-11-21)36-18-25-24(26(33)31-37(34,35)23-8-2-1-3-9-23)16-29-27(30-25)32-15-14-19-6-4-5-7-20(19)17-32/h1-13,16H,14-15,17-18H2,(H,31,33). The fraction of sp³-hybridized carbons (Fsp3) is 0.148. The number of halogens is 1. The van der Waals surface area contributed by atoms with Gasteiger partial charge in [0.25, 0.3) is 15.9 Å². The maximum absolute atomic E-state index is 13.1. The molecule has 37 heavy (non-hydrogen) atoms. The number of rotatable bonds is 7. The number of nitrogens with one attached hydrogen (secondary N) is 1. The summed E-state index contributed by atoms with van der Waals surface area (Å²) in [6, 6.07) is 22.7. The van der Waals surface area contributed by atoms with Gasteiger partial charge in [-0.3, -0.25) is 4.79 Å². The molecule has 4 aromatic rings. The number of ether oxygens (including phenoxy) is 1. The second kappa shape index (κ2) is 10.6. The largest absolute Gasteiger partial charge is 0.487 e. The quantitative estimate of drug-likeness (QED) is 0.375. The Labute approximate surface area is 220 Å². The van der Waals surface area contributed by atoms with Crippen molar-refractivity contribution in [3.05, 3.63) is 112 Å². The van der Waals surface area contributed by atoms with E-state index in [4.69, 9.17) is 16.3 Å². The van der Waals surface area contributed by atoms with Gasteiger partial charge in [-0.2, -0.15) is 0 Å². The minimum Gasteiger partial charge on any atom is -0.487 e. The first kappa shape index (κ1) is 24.7. The lowest BCUT2D eigenvalue weighted by Gasteiger charge is -2.29. The Morgan fingerprint density at radius 3 is 2.43 bits per heavy atom. The molecule has 2 heterocycles. The molecule has 0 atom stereocenters. The van der Waals surface area contributed by atoms with Crippen LogP contribution in [-0.4, -0.2) is 30.8 Å². The first-order chi connectivity index (χ1) is 17.9. The summed E-state index contributed by atoms with van der Waals surface area (Å²) in [4.78, 5) is 24.2. The third-order valence-corrected chi connectivity index (χ3v) is 7.58. The number of fused-ring (bicyclic) bond motifs is 1. The molecule has 3 aromatic carbocycles. The van der Waals surface area contributed by atoms with Crippen LogP contribution >= 0.6 is 11.6 Å². The highest BCUT2D eigenvalue weighted by molar-refractivity contribution is 7.90. The number of amides is 1. The molecule has 0 radical (unpaired) electrons. The number of benzene rings is 3. The highest BCUT2D eigenvalue weighted by Crippen LogP contribution is 2.24. The van der Waals surface area contributed by atoms with Gasteiger partial charge >= 0.3 is 0 Å². The topological polar surface area (TPSA) is 101 Å². The molecule has 10 heteroatoms. The van der Waals surface area contributed by atoms with Gasteiger partial charge in [0.05, 0.1) is 16.2 Å². The van der Waals surface area contributed by atoms with Crippen LogP contribution in [0, 0.1) is 0 Å². The molecule has 0 bridgehead atoms. The summed E-state index contributed by atoms with van der Waals surface area (Å²) in [5, 5.41) is 0.563.